The molecule has 5 nitrogen and oxygen atoms in total. The Kier molecular flexibility index (Phi) is 3.92. The molecule has 1 aliphatic rings. The minimum absolute atomic E-state index is 0.110. The van der Waals surface area contributed by atoms with Gasteiger partial charge in [-0.3, -0.25) is 14.4 Å². The second kappa shape index (κ2) is 5.85. The quantitative estimate of drug-likeness (QED) is 0.936. The van der Waals surface area contributed by atoms with Crippen molar-refractivity contribution in [3.05, 3.63) is 51.7 Å². The van der Waals surface area contributed by atoms with Gasteiger partial charge in [0.2, 0.25) is 0 Å². The smallest absolute Gasteiger partial charge is 0.182 e. The molecule has 1 fully saturated rings. The first-order chi connectivity index (χ1) is 10.1. The Balaban J connectivity index is 1.61. The molecule has 1 aliphatic heterocycles. The van der Waals surface area contributed by atoms with Crippen molar-refractivity contribution in [2.75, 3.05) is 13.1 Å². The second-order valence-corrected chi connectivity index (χ2v) is 6.03. The van der Waals surface area contributed by atoms with Gasteiger partial charge in [0.15, 0.2) is 5.43 Å². The molecule has 0 atom stereocenters. The predicted octanol–water partition coefficient (Wildman–Crippen LogP) is 1.80. The van der Waals surface area contributed by atoms with Gasteiger partial charge in [-0.2, -0.15) is 5.10 Å². The molecule has 1 saturated heterocycles. The van der Waals surface area contributed by atoms with Crippen molar-refractivity contribution >= 4 is 0 Å². The molecule has 3 heterocycles. The Morgan fingerprint density at radius 1 is 1.33 bits per heavy atom. The summed E-state index contributed by atoms with van der Waals surface area (Å²) in [5.74, 6) is 0.475. The van der Waals surface area contributed by atoms with Crippen molar-refractivity contribution < 1.29 is 0 Å². The molecule has 0 aliphatic carbocycles. The topological polar surface area (TPSA) is 53.9 Å². The summed E-state index contributed by atoms with van der Waals surface area (Å²) in [4.78, 5) is 17.4. The maximum Gasteiger partial charge on any atom is 0.182 e. The van der Waals surface area contributed by atoms with E-state index in [1.54, 1.807) is 12.1 Å². The first kappa shape index (κ1) is 14.1. The summed E-state index contributed by atoms with van der Waals surface area (Å²) < 4.78 is 1.85. The van der Waals surface area contributed by atoms with Gasteiger partial charge >= 0.3 is 0 Å². The molecule has 0 amide bonds. The first-order valence-electron chi connectivity index (χ1n) is 7.51. The third-order valence-corrected chi connectivity index (χ3v) is 4.19. The third kappa shape index (κ3) is 3.42. The van der Waals surface area contributed by atoms with Crippen molar-refractivity contribution in [1.82, 2.24) is 19.7 Å². The van der Waals surface area contributed by atoms with Gasteiger partial charge in [0, 0.05) is 54.8 Å². The van der Waals surface area contributed by atoms with Crippen LogP contribution in [0.1, 0.15) is 35.7 Å². The number of rotatable bonds is 3. The number of hydrogen-bond donors (Lipinski definition) is 1. The molecule has 0 saturated carbocycles. The third-order valence-electron chi connectivity index (χ3n) is 4.19. The predicted molar refractivity (Wildman–Crippen MR) is 82.3 cm³/mol. The molecule has 0 radical (unpaired) electrons. The number of aryl methyl sites for hydroxylation is 2. The van der Waals surface area contributed by atoms with Gasteiger partial charge in [-0.25, -0.2) is 0 Å². The Morgan fingerprint density at radius 2 is 2.10 bits per heavy atom. The SMILES string of the molecule is Cc1cc(=O)cc(C2CCN(Cc3cnn(C)c3)CC2)[nH]1. The Bertz CT molecular complexity index is 665. The van der Waals surface area contributed by atoms with Crippen LogP contribution >= 0.6 is 0 Å². The van der Waals surface area contributed by atoms with Crippen molar-refractivity contribution in [3.63, 3.8) is 0 Å². The average Bonchev–Trinajstić information content (AvgIpc) is 2.84. The molecular formula is C16H22N4O. The van der Waals surface area contributed by atoms with Gasteiger partial charge in [0.25, 0.3) is 0 Å². The fourth-order valence-electron chi connectivity index (χ4n) is 3.14. The highest BCUT2D eigenvalue weighted by molar-refractivity contribution is 5.15. The lowest BCUT2D eigenvalue weighted by Crippen LogP contribution is -2.32. The minimum Gasteiger partial charge on any atom is -0.362 e. The number of aromatic nitrogens is 3. The van der Waals surface area contributed by atoms with Crippen LogP contribution in [0.2, 0.25) is 0 Å². The number of H-pyrrole nitrogens is 1. The van der Waals surface area contributed by atoms with E-state index in [9.17, 15) is 4.79 Å². The highest BCUT2D eigenvalue weighted by Crippen LogP contribution is 2.26. The molecular weight excluding hydrogens is 264 g/mol. The van der Waals surface area contributed by atoms with Crippen LogP contribution in [0, 0.1) is 6.92 Å². The second-order valence-electron chi connectivity index (χ2n) is 6.03. The van der Waals surface area contributed by atoms with Crippen LogP contribution in [-0.4, -0.2) is 32.8 Å². The summed E-state index contributed by atoms with van der Waals surface area (Å²) in [6.45, 7) is 5.04. The van der Waals surface area contributed by atoms with Crippen LogP contribution in [-0.2, 0) is 13.6 Å². The molecule has 0 unspecified atom stereocenters. The Morgan fingerprint density at radius 3 is 2.71 bits per heavy atom. The molecule has 1 N–H and O–H groups in total. The number of piperidine rings is 1. The number of nitrogens with one attached hydrogen (secondary N) is 1. The number of hydrogen-bond acceptors (Lipinski definition) is 3. The van der Waals surface area contributed by atoms with E-state index < -0.39 is 0 Å². The fraction of sp³-hybridized carbons (Fsp3) is 0.500. The van der Waals surface area contributed by atoms with Gasteiger partial charge in [-0.1, -0.05) is 0 Å². The number of pyridine rings is 1. The van der Waals surface area contributed by atoms with E-state index in [0.717, 1.165) is 43.9 Å². The molecule has 0 spiro atoms. The summed E-state index contributed by atoms with van der Waals surface area (Å²) in [7, 11) is 1.95. The molecule has 0 bridgehead atoms. The van der Waals surface area contributed by atoms with Crippen LogP contribution in [0.15, 0.2) is 29.3 Å². The highest BCUT2D eigenvalue weighted by atomic mass is 16.1. The van der Waals surface area contributed by atoms with Crippen molar-refractivity contribution in [1.29, 1.82) is 0 Å². The summed E-state index contributed by atoms with van der Waals surface area (Å²) in [6, 6.07) is 3.41. The summed E-state index contributed by atoms with van der Waals surface area (Å²) in [5, 5.41) is 4.21. The molecule has 3 rings (SSSR count). The maximum atomic E-state index is 11.6. The lowest BCUT2D eigenvalue weighted by Gasteiger charge is -2.31. The van der Waals surface area contributed by atoms with Crippen LogP contribution in [0.3, 0.4) is 0 Å². The van der Waals surface area contributed by atoms with Gasteiger partial charge in [0.1, 0.15) is 0 Å². The van der Waals surface area contributed by atoms with E-state index in [4.69, 9.17) is 0 Å². The monoisotopic (exact) mass is 286 g/mol. The van der Waals surface area contributed by atoms with E-state index in [0.29, 0.717) is 5.92 Å². The lowest BCUT2D eigenvalue weighted by molar-refractivity contribution is 0.203. The Hall–Kier alpha value is -1.88. The minimum atomic E-state index is 0.110. The van der Waals surface area contributed by atoms with Gasteiger partial charge in [0.05, 0.1) is 6.20 Å². The zero-order valence-corrected chi connectivity index (χ0v) is 12.7. The van der Waals surface area contributed by atoms with E-state index >= 15 is 0 Å². The molecule has 2 aromatic rings. The van der Waals surface area contributed by atoms with Gasteiger partial charge < -0.3 is 4.98 Å². The lowest BCUT2D eigenvalue weighted by atomic mass is 9.92. The molecule has 0 aromatic carbocycles. The summed E-state index contributed by atoms with van der Waals surface area (Å²) >= 11 is 0. The van der Waals surface area contributed by atoms with E-state index in [-0.39, 0.29) is 5.43 Å². The normalized spacial score (nSPS) is 17.2. The largest absolute Gasteiger partial charge is 0.362 e. The first-order valence-corrected chi connectivity index (χ1v) is 7.51. The number of nitrogens with zero attached hydrogens (tertiary/aromatic N) is 3. The Labute approximate surface area is 124 Å². The van der Waals surface area contributed by atoms with Crippen LogP contribution in [0.5, 0.6) is 0 Å². The van der Waals surface area contributed by atoms with Gasteiger partial charge in [-0.15, -0.1) is 0 Å². The number of likely N-dealkylation sites (tertiary alicyclic amines) is 1. The van der Waals surface area contributed by atoms with E-state index in [1.165, 1.54) is 5.56 Å². The molecule has 5 heteroatoms. The average molecular weight is 286 g/mol. The van der Waals surface area contributed by atoms with E-state index in [2.05, 4.69) is 21.2 Å². The maximum absolute atomic E-state index is 11.6. The van der Waals surface area contributed by atoms with Crippen LogP contribution in [0.4, 0.5) is 0 Å². The zero-order valence-electron chi connectivity index (χ0n) is 12.7. The van der Waals surface area contributed by atoms with Crippen molar-refractivity contribution in [3.8, 4) is 0 Å². The standard InChI is InChI=1S/C16H22N4O/c1-12-7-15(21)8-16(18-12)14-3-5-20(6-4-14)11-13-9-17-19(2)10-13/h7-10,14H,3-6,11H2,1-2H3,(H,18,21). The number of aromatic amines is 1. The molecule has 2 aromatic heterocycles. The van der Waals surface area contributed by atoms with Crippen molar-refractivity contribution in [2.24, 2.45) is 7.05 Å². The zero-order chi connectivity index (χ0) is 14.8. The van der Waals surface area contributed by atoms with Crippen LogP contribution in [0.25, 0.3) is 0 Å². The molecule has 112 valence electrons. The van der Waals surface area contributed by atoms with Crippen molar-refractivity contribution in [2.45, 2.75) is 32.2 Å². The summed E-state index contributed by atoms with van der Waals surface area (Å²) in [6.07, 6.45) is 6.20. The van der Waals surface area contributed by atoms with E-state index in [1.807, 2.05) is 24.9 Å². The summed E-state index contributed by atoms with van der Waals surface area (Å²) in [5.41, 5.74) is 3.43. The fourth-order valence-corrected chi connectivity index (χ4v) is 3.14. The highest BCUT2D eigenvalue weighted by Gasteiger charge is 2.21. The van der Waals surface area contributed by atoms with Crippen LogP contribution < -0.4 is 5.43 Å². The molecule has 21 heavy (non-hydrogen) atoms. The van der Waals surface area contributed by atoms with Gasteiger partial charge in [-0.05, 0) is 32.9 Å².